The predicted octanol–water partition coefficient (Wildman–Crippen LogP) is 4.22. The zero-order chi connectivity index (χ0) is 13.7. The van der Waals surface area contributed by atoms with Crippen molar-refractivity contribution in [2.24, 2.45) is 5.92 Å². The molecule has 1 heterocycles. The molecule has 2 rings (SSSR count). The fourth-order valence-electron chi connectivity index (χ4n) is 2.77. The predicted molar refractivity (Wildman–Crippen MR) is 83.5 cm³/mol. The van der Waals surface area contributed by atoms with E-state index in [9.17, 15) is 0 Å². The molecule has 2 atom stereocenters. The molecule has 0 amide bonds. The van der Waals surface area contributed by atoms with E-state index in [1.165, 1.54) is 28.4 Å². The molecule has 1 N–H and O–H groups in total. The molecule has 1 aliphatic heterocycles. The van der Waals surface area contributed by atoms with Gasteiger partial charge in [0, 0.05) is 23.0 Å². The van der Waals surface area contributed by atoms with Crippen molar-refractivity contribution in [3.63, 3.8) is 0 Å². The van der Waals surface area contributed by atoms with Gasteiger partial charge >= 0.3 is 0 Å². The van der Waals surface area contributed by atoms with E-state index in [0.29, 0.717) is 12.0 Å². The molecular weight excluding hydrogens is 302 g/mol. The molecule has 3 heteroatoms. The molecule has 1 saturated heterocycles. The minimum Gasteiger partial charge on any atom is -0.381 e. The number of benzene rings is 1. The lowest BCUT2D eigenvalue weighted by atomic mass is 9.88. The number of ether oxygens (including phenoxy) is 1. The smallest absolute Gasteiger partial charge is 0.0512 e. The molecule has 1 fully saturated rings. The molecule has 1 aliphatic rings. The molecule has 2 nitrogen and oxygen atoms in total. The molecule has 0 aromatic heterocycles. The Morgan fingerprint density at radius 3 is 3.00 bits per heavy atom. The van der Waals surface area contributed by atoms with E-state index in [2.05, 4.69) is 53.3 Å². The third kappa shape index (κ3) is 3.80. The van der Waals surface area contributed by atoms with Gasteiger partial charge in [-0.05, 0) is 43.9 Å². The van der Waals surface area contributed by atoms with Crippen LogP contribution in [0.25, 0.3) is 0 Å². The van der Waals surface area contributed by atoms with Gasteiger partial charge in [-0.15, -0.1) is 0 Å². The molecule has 0 bridgehead atoms. The molecule has 0 aliphatic carbocycles. The highest BCUT2D eigenvalue weighted by Crippen LogP contribution is 2.34. The normalized spacial score (nSPS) is 21.3. The lowest BCUT2D eigenvalue weighted by Gasteiger charge is -2.32. The molecule has 19 heavy (non-hydrogen) atoms. The van der Waals surface area contributed by atoms with Crippen molar-refractivity contribution in [3.05, 3.63) is 33.8 Å². The maximum absolute atomic E-state index is 5.68. The number of halogens is 1. The molecule has 0 radical (unpaired) electrons. The zero-order valence-corrected chi connectivity index (χ0v) is 13.5. The third-order valence-electron chi connectivity index (χ3n) is 3.84. The van der Waals surface area contributed by atoms with E-state index in [4.69, 9.17) is 4.74 Å². The average Bonchev–Trinajstić information content (AvgIpc) is 2.45. The molecule has 1 aromatic carbocycles. The van der Waals surface area contributed by atoms with Gasteiger partial charge in [0.15, 0.2) is 0 Å². The van der Waals surface area contributed by atoms with Crippen LogP contribution < -0.4 is 5.32 Å². The van der Waals surface area contributed by atoms with Gasteiger partial charge in [-0.25, -0.2) is 0 Å². The highest BCUT2D eigenvalue weighted by molar-refractivity contribution is 9.10. The highest BCUT2D eigenvalue weighted by atomic mass is 79.9. The number of hydrogen-bond acceptors (Lipinski definition) is 2. The minimum absolute atomic E-state index is 0.398. The Bertz CT molecular complexity index is 402. The monoisotopic (exact) mass is 325 g/mol. The van der Waals surface area contributed by atoms with Crippen molar-refractivity contribution in [3.8, 4) is 0 Å². The Morgan fingerprint density at radius 2 is 2.32 bits per heavy atom. The van der Waals surface area contributed by atoms with Crippen LogP contribution in [0.1, 0.15) is 43.4 Å². The van der Waals surface area contributed by atoms with E-state index in [1.807, 2.05) is 0 Å². The first-order valence-electron chi connectivity index (χ1n) is 7.30. The molecule has 2 unspecified atom stereocenters. The van der Waals surface area contributed by atoms with Crippen LogP contribution in [0.2, 0.25) is 0 Å². The second kappa shape index (κ2) is 7.41. The van der Waals surface area contributed by atoms with Gasteiger partial charge < -0.3 is 10.1 Å². The van der Waals surface area contributed by atoms with Crippen LogP contribution in [-0.2, 0) is 4.74 Å². The first-order chi connectivity index (χ1) is 9.24. The van der Waals surface area contributed by atoms with Crippen molar-refractivity contribution in [2.75, 3.05) is 19.8 Å². The Hall–Kier alpha value is -0.380. The van der Waals surface area contributed by atoms with E-state index in [1.54, 1.807) is 0 Å². The fraction of sp³-hybridized carbons (Fsp3) is 0.625. The maximum atomic E-state index is 5.68. The summed E-state index contributed by atoms with van der Waals surface area (Å²) in [7, 11) is 0. The number of rotatable bonds is 5. The topological polar surface area (TPSA) is 21.3 Å². The minimum atomic E-state index is 0.398. The lowest BCUT2D eigenvalue weighted by molar-refractivity contribution is 0.0389. The van der Waals surface area contributed by atoms with Crippen LogP contribution in [0, 0.1) is 12.8 Å². The van der Waals surface area contributed by atoms with E-state index >= 15 is 0 Å². The Balaban J connectivity index is 2.22. The summed E-state index contributed by atoms with van der Waals surface area (Å²) >= 11 is 3.76. The second-order valence-corrected chi connectivity index (χ2v) is 6.18. The summed E-state index contributed by atoms with van der Waals surface area (Å²) in [4.78, 5) is 0. The summed E-state index contributed by atoms with van der Waals surface area (Å²) in [5.74, 6) is 0.582. The van der Waals surface area contributed by atoms with Crippen molar-refractivity contribution in [1.82, 2.24) is 5.32 Å². The van der Waals surface area contributed by atoms with Crippen molar-refractivity contribution in [2.45, 2.75) is 39.2 Å². The standard InChI is InChI=1S/C16H24BrNO/c1-3-9-18-16(13-7-5-10-19-11-13)14-8-4-6-12(2)15(14)17/h4,6,8,13,16,18H,3,5,7,9-11H2,1-2H3. The number of nitrogens with one attached hydrogen (secondary N) is 1. The fourth-order valence-corrected chi connectivity index (χ4v) is 3.28. The average molecular weight is 326 g/mol. The Morgan fingerprint density at radius 1 is 1.47 bits per heavy atom. The SMILES string of the molecule is CCCNC(c1cccc(C)c1Br)C1CCCOC1. The van der Waals surface area contributed by atoms with Gasteiger partial charge in [0.25, 0.3) is 0 Å². The Labute approximate surface area is 125 Å². The van der Waals surface area contributed by atoms with Crippen LogP contribution >= 0.6 is 15.9 Å². The quantitative estimate of drug-likeness (QED) is 0.874. The van der Waals surface area contributed by atoms with Crippen LogP contribution in [0.3, 0.4) is 0 Å². The van der Waals surface area contributed by atoms with Crippen molar-refractivity contribution >= 4 is 15.9 Å². The zero-order valence-electron chi connectivity index (χ0n) is 11.9. The van der Waals surface area contributed by atoms with Crippen LogP contribution in [0.4, 0.5) is 0 Å². The first-order valence-corrected chi connectivity index (χ1v) is 8.09. The summed E-state index contributed by atoms with van der Waals surface area (Å²) in [6.45, 7) is 7.23. The van der Waals surface area contributed by atoms with E-state index < -0.39 is 0 Å². The highest BCUT2D eigenvalue weighted by Gasteiger charge is 2.26. The van der Waals surface area contributed by atoms with Crippen LogP contribution in [0.15, 0.2) is 22.7 Å². The van der Waals surface area contributed by atoms with Gasteiger partial charge in [0.05, 0.1) is 6.61 Å². The second-order valence-electron chi connectivity index (χ2n) is 5.39. The van der Waals surface area contributed by atoms with E-state index in [-0.39, 0.29) is 0 Å². The number of aryl methyl sites for hydroxylation is 1. The molecule has 0 spiro atoms. The van der Waals surface area contributed by atoms with Crippen LogP contribution in [-0.4, -0.2) is 19.8 Å². The number of hydrogen-bond donors (Lipinski definition) is 1. The van der Waals surface area contributed by atoms with Gasteiger partial charge in [-0.3, -0.25) is 0 Å². The molecular formula is C16H24BrNO. The molecule has 1 aromatic rings. The van der Waals surface area contributed by atoms with Crippen molar-refractivity contribution < 1.29 is 4.74 Å². The maximum Gasteiger partial charge on any atom is 0.0512 e. The lowest BCUT2D eigenvalue weighted by Crippen LogP contribution is -2.34. The molecule has 106 valence electrons. The summed E-state index contributed by atoms with van der Waals surface area (Å²) in [6.07, 6.45) is 3.59. The summed E-state index contributed by atoms with van der Waals surface area (Å²) in [5.41, 5.74) is 2.68. The van der Waals surface area contributed by atoms with Gasteiger partial charge in [0.2, 0.25) is 0 Å². The first kappa shape index (κ1) is 15.0. The summed E-state index contributed by atoms with van der Waals surface area (Å²) < 4.78 is 6.92. The summed E-state index contributed by atoms with van der Waals surface area (Å²) in [5, 5.41) is 3.71. The van der Waals surface area contributed by atoms with Crippen molar-refractivity contribution in [1.29, 1.82) is 0 Å². The summed E-state index contributed by atoms with van der Waals surface area (Å²) in [6, 6.07) is 6.94. The Kier molecular flexibility index (Phi) is 5.86. The van der Waals surface area contributed by atoms with Gasteiger partial charge in [-0.2, -0.15) is 0 Å². The van der Waals surface area contributed by atoms with Crippen LogP contribution in [0.5, 0.6) is 0 Å². The largest absolute Gasteiger partial charge is 0.381 e. The van der Waals surface area contributed by atoms with Gasteiger partial charge in [0.1, 0.15) is 0 Å². The van der Waals surface area contributed by atoms with Gasteiger partial charge in [-0.1, -0.05) is 41.1 Å². The van der Waals surface area contributed by atoms with E-state index in [0.717, 1.165) is 26.2 Å². The third-order valence-corrected chi connectivity index (χ3v) is 4.92. The molecule has 0 saturated carbocycles.